The van der Waals surface area contributed by atoms with Crippen LogP contribution in [0.2, 0.25) is 0 Å². The minimum atomic E-state index is -0.655. The van der Waals surface area contributed by atoms with Crippen LogP contribution in [-0.2, 0) is 6.42 Å². The summed E-state index contributed by atoms with van der Waals surface area (Å²) in [6, 6.07) is 3.63. The Labute approximate surface area is 104 Å². The highest BCUT2D eigenvalue weighted by Gasteiger charge is 2.24. The molecule has 98 valence electrons. The fourth-order valence-electron chi connectivity index (χ4n) is 1.55. The van der Waals surface area contributed by atoms with Gasteiger partial charge < -0.3 is 5.73 Å². The van der Waals surface area contributed by atoms with E-state index < -0.39 is 15.4 Å². The van der Waals surface area contributed by atoms with Gasteiger partial charge in [-0.2, -0.15) is 0 Å². The van der Waals surface area contributed by atoms with Gasteiger partial charge >= 0.3 is 0 Å². The van der Waals surface area contributed by atoms with Gasteiger partial charge in [0.15, 0.2) is 0 Å². The summed E-state index contributed by atoms with van der Waals surface area (Å²) in [5, 5.41) is 21.5. The second-order valence-electron chi connectivity index (χ2n) is 4.51. The maximum absolute atomic E-state index is 10.9. The van der Waals surface area contributed by atoms with Gasteiger partial charge in [0.2, 0.25) is 0 Å². The molecule has 0 aromatic heterocycles. The third kappa shape index (κ3) is 3.24. The van der Waals surface area contributed by atoms with E-state index in [4.69, 9.17) is 5.73 Å². The molecular formula is C11H15N3O4. The Kier molecular flexibility index (Phi) is 3.97. The Hall–Kier alpha value is -2.02. The molecule has 7 heteroatoms. The molecule has 0 aliphatic rings. The van der Waals surface area contributed by atoms with E-state index in [-0.39, 0.29) is 11.4 Å². The summed E-state index contributed by atoms with van der Waals surface area (Å²) in [5.41, 5.74) is 5.26. The zero-order valence-corrected chi connectivity index (χ0v) is 10.3. The second kappa shape index (κ2) is 5.09. The Morgan fingerprint density at radius 3 is 2.33 bits per heavy atom. The lowest BCUT2D eigenvalue weighted by Crippen LogP contribution is -2.37. The van der Waals surface area contributed by atoms with Gasteiger partial charge in [0.25, 0.3) is 11.4 Å². The molecule has 18 heavy (non-hydrogen) atoms. The van der Waals surface area contributed by atoms with Crippen LogP contribution in [0.3, 0.4) is 0 Å². The quantitative estimate of drug-likeness (QED) is 0.638. The summed E-state index contributed by atoms with van der Waals surface area (Å²) in [7, 11) is 0. The summed E-state index contributed by atoms with van der Waals surface area (Å²) < 4.78 is 0. The number of nitrogens with zero attached hydrogens (tertiary/aromatic N) is 2. The van der Waals surface area contributed by atoms with Gasteiger partial charge in [0.1, 0.15) is 0 Å². The number of nitro groups is 2. The minimum Gasteiger partial charge on any atom is -0.325 e. The molecule has 1 aromatic rings. The summed E-state index contributed by atoms with van der Waals surface area (Å²) >= 11 is 0. The number of nitrogens with two attached hydrogens (primary N) is 1. The van der Waals surface area contributed by atoms with Crippen molar-refractivity contribution in [2.75, 3.05) is 0 Å². The molecule has 0 saturated heterocycles. The number of rotatable bonds is 5. The second-order valence-corrected chi connectivity index (χ2v) is 4.51. The summed E-state index contributed by atoms with van der Waals surface area (Å²) in [5.74, 6) is 0. The van der Waals surface area contributed by atoms with E-state index in [1.54, 1.807) is 6.92 Å². The van der Waals surface area contributed by atoms with Gasteiger partial charge in [-0.05, 0) is 25.8 Å². The normalized spacial score (nSPS) is 13.9. The fraction of sp³-hybridized carbons (Fsp3) is 0.455. The molecule has 0 saturated carbocycles. The molecule has 0 aliphatic carbocycles. The standard InChI is InChI=1S/C11H15N3O4/c1-3-11(2,12)7-8-4-5-9(13(15)16)6-10(8)14(17)18/h4-6H,3,7,12H2,1-2H3. The number of hydrogen-bond donors (Lipinski definition) is 1. The van der Waals surface area contributed by atoms with Crippen LogP contribution in [0.5, 0.6) is 0 Å². The molecule has 0 radical (unpaired) electrons. The summed E-state index contributed by atoms with van der Waals surface area (Å²) in [6.07, 6.45) is 0.957. The van der Waals surface area contributed by atoms with Crippen LogP contribution in [0.15, 0.2) is 18.2 Å². The summed E-state index contributed by atoms with van der Waals surface area (Å²) in [4.78, 5) is 20.2. The van der Waals surface area contributed by atoms with Crippen molar-refractivity contribution in [3.63, 3.8) is 0 Å². The number of benzene rings is 1. The topological polar surface area (TPSA) is 112 Å². The van der Waals surface area contributed by atoms with Gasteiger partial charge in [0.05, 0.1) is 15.9 Å². The average molecular weight is 253 g/mol. The molecule has 0 spiro atoms. The van der Waals surface area contributed by atoms with Crippen LogP contribution in [0.4, 0.5) is 11.4 Å². The van der Waals surface area contributed by atoms with E-state index in [2.05, 4.69) is 0 Å². The first-order valence-electron chi connectivity index (χ1n) is 5.47. The molecule has 1 unspecified atom stereocenters. The van der Waals surface area contributed by atoms with Crippen molar-refractivity contribution in [1.29, 1.82) is 0 Å². The molecule has 0 bridgehead atoms. The average Bonchev–Trinajstić information content (AvgIpc) is 2.28. The van der Waals surface area contributed by atoms with Gasteiger partial charge in [-0.15, -0.1) is 0 Å². The first-order valence-corrected chi connectivity index (χ1v) is 5.47. The van der Waals surface area contributed by atoms with E-state index in [0.29, 0.717) is 18.4 Å². The molecule has 2 N–H and O–H groups in total. The maximum Gasteiger partial charge on any atom is 0.279 e. The first kappa shape index (κ1) is 14.0. The zero-order chi connectivity index (χ0) is 13.9. The Bertz CT molecular complexity index is 485. The summed E-state index contributed by atoms with van der Waals surface area (Å²) in [6.45, 7) is 3.68. The van der Waals surface area contributed by atoms with Gasteiger partial charge in [0, 0.05) is 17.2 Å². The first-order chi connectivity index (χ1) is 8.26. The van der Waals surface area contributed by atoms with Crippen LogP contribution < -0.4 is 5.73 Å². The number of non-ortho nitro benzene ring substituents is 1. The smallest absolute Gasteiger partial charge is 0.279 e. The Morgan fingerprint density at radius 1 is 1.28 bits per heavy atom. The van der Waals surface area contributed by atoms with Crippen molar-refractivity contribution < 1.29 is 9.85 Å². The SMILES string of the molecule is CCC(C)(N)Cc1ccc([N+](=O)[O-])cc1[N+](=O)[O-]. The lowest BCUT2D eigenvalue weighted by molar-refractivity contribution is -0.394. The molecule has 0 aliphatic heterocycles. The Balaban J connectivity index is 3.20. The molecule has 0 amide bonds. The van der Waals surface area contributed by atoms with Crippen molar-refractivity contribution in [1.82, 2.24) is 0 Å². The van der Waals surface area contributed by atoms with Crippen molar-refractivity contribution in [2.45, 2.75) is 32.2 Å². The van der Waals surface area contributed by atoms with E-state index in [1.807, 2.05) is 6.92 Å². The highest BCUT2D eigenvalue weighted by atomic mass is 16.6. The molecule has 1 aromatic carbocycles. The van der Waals surface area contributed by atoms with E-state index >= 15 is 0 Å². The predicted molar refractivity (Wildman–Crippen MR) is 66.3 cm³/mol. The molecule has 7 nitrogen and oxygen atoms in total. The minimum absolute atomic E-state index is 0.255. The lowest BCUT2D eigenvalue weighted by atomic mass is 9.90. The lowest BCUT2D eigenvalue weighted by Gasteiger charge is -2.22. The third-order valence-corrected chi connectivity index (χ3v) is 2.88. The highest BCUT2D eigenvalue weighted by Crippen LogP contribution is 2.27. The molecule has 0 fully saturated rings. The van der Waals surface area contributed by atoms with Gasteiger partial charge in [-0.3, -0.25) is 20.2 Å². The molecular weight excluding hydrogens is 238 g/mol. The van der Waals surface area contributed by atoms with Crippen LogP contribution >= 0.6 is 0 Å². The predicted octanol–water partition coefficient (Wildman–Crippen LogP) is 2.17. The van der Waals surface area contributed by atoms with Crippen molar-refractivity contribution in [3.05, 3.63) is 44.0 Å². The fourth-order valence-corrected chi connectivity index (χ4v) is 1.55. The van der Waals surface area contributed by atoms with Crippen LogP contribution in [0.1, 0.15) is 25.8 Å². The molecule has 1 rings (SSSR count). The highest BCUT2D eigenvalue weighted by molar-refractivity contribution is 5.49. The van der Waals surface area contributed by atoms with Crippen LogP contribution in [0.25, 0.3) is 0 Å². The van der Waals surface area contributed by atoms with Crippen LogP contribution in [0, 0.1) is 20.2 Å². The number of nitro benzene ring substituents is 2. The van der Waals surface area contributed by atoms with Gasteiger partial charge in [-0.25, -0.2) is 0 Å². The van der Waals surface area contributed by atoms with Crippen molar-refractivity contribution >= 4 is 11.4 Å². The van der Waals surface area contributed by atoms with Crippen molar-refractivity contribution in [3.8, 4) is 0 Å². The number of hydrogen-bond acceptors (Lipinski definition) is 5. The maximum atomic E-state index is 10.9. The third-order valence-electron chi connectivity index (χ3n) is 2.88. The molecule has 0 heterocycles. The molecule has 1 atom stereocenters. The van der Waals surface area contributed by atoms with Crippen LogP contribution in [-0.4, -0.2) is 15.4 Å². The van der Waals surface area contributed by atoms with E-state index in [9.17, 15) is 20.2 Å². The monoisotopic (exact) mass is 253 g/mol. The van der Waals surface area contributed by atoms with Crippen molar-refractivity contribution in [2.24, 2.45) is 5.73 Å². The largest absolute Gasteiger partial charge is 0.325 e. The zero-order valence-electron chi connectivity index (χ0n) is 10.3. The van der Waals surface area contributed by atoms with E-state index in [0.717, 1.165) is 6.07 Å². The van der Waals surface area contributed by atoms with E-state index in [1.165, 1.54) is 12.1 Å². The van der Waals surface area contributed by atoms with Gasteiger partial charge in [-0.1, -0.05) is 6.92 Å². The Morgan fingerprint density at radius 2 is 1.89 bits per heavy atom.